The highest BCUT2D eigenvalue weighted by Gasteiger charge is 2.28. The third-order valence-corrected chi connectivity index (χ3v) is 8.96. The third-order valence-electron chi connectivity index (χ3n) is 5.97. The van der Waals surface area contributed by atoms with Crippen molar-refractivity contribution < 1.29 is 9.90 Å². The standard InChI is InChI=1S/C26H25Cl2N5O2S2/c1-13(2)36-25-22(16-6-7-18(27)19(28)11-16)30-26(37-25)33-23(24(34)35)21(15(4)31-33)17-10-14(3)29-20(12-17)32-8-5-9-32/h6-7,10-13H,5,8-9H2,1-4H3,(H,34,35). The molecule has 7 nitrogen and oxygen atoms in total. The Bertz CT molecular complexity index is 1510. The molecule has 1 aromatic carbocycles. The molecule has 1 aliphatic heterocycles. The van der Waals surface area contributed by atoms with Gasteiger partial charge >= 0.3 is 5.97 Å². The van der Waals surface area contributed by atoms with Crippen LogP contribution in [-0.4, -0.2) is 49.2 Å². The number of pyridine rings is 1. The summed E-state index contributed by atoms with van der Waals surface area (Å²) >= 11 is 15.5. The summed E-state index contributed by atoms with van der Waals surface area (Å²) in [6.45, 7) is 9.85. The predicted molar refractivity (Wildman–Crippen MR) is 152 cm³/mol. The smallest absolute Gasteiger partial charge is 0.355 e. The zero-order valence-corrected chi connectivity index (χ0v) is 23.9. The summed E-state index contributed by atoms with van der Waals surface area (Å²) in [4.78, 5) is 24.4. The van der Waals surface area contributed by atoms with Gasteiger partial charge in [-0.2, -0.15) is 9.78 Å². The molecule has 192 valence electrons. The second-order valence-electron chi connectivity index (χ2n) is 9.15. The monoisotopic (exact) mass is 573 g/mol. The van der Waals surface area contributed by atoms with Crippen molar-refractivity contribution >= 4 is 58.1 Å². The fourth-order valence-corrected chi connectivity index (χ4v) is 6.99. The van der Waals surface area contributed by atoms with E-state index in [-0.39, 0.29) is 5.69 Å². The highest BCUT2D eigenvalue weighted by molar-refractivity contribution is 8.01. The summed E-state index contributed by atoms with van der Waals surface area (Å²) in [5.74, 6) is -0.212. The summed E-state index contributed by atoms with van der Waals surface area (Å²) in [5.41, 5.74) is 4.41. The lowest BCUT2D eigenvalue weighted by atomic mass is 10.0. The van der Waals surface area contributed by atoms with Crippen LogP contribution in [0.2, 0.25) is 10.0 Å². The molecular weight excluding hydrogens is 549 g/mol. The van der Waals surface area contributed by atoms with E-state index in [9.17, 15) is 9.90 Å². The lowest BCUT2D eigenvalue weighted by Crippen LogP contribution is -2.37. The first-order valence-electron chi connectivity index (χ1n) is 11.8. The van der Waals surface area contributed by atoms with Gasteiger partial charge in [-0.3, -0.25) is 0 Å². The highest BCUT2D eigenvalue weighted by atomic mass is 35.5. The molecule has 1 fully saturated rings. The molecule has 0 atom stereocenters. The van der Waals surface area contributed by atoms with Crippen LogP contribution in [0.15, 0.2) is 34.5 Å². The van der Waals surface area contributed by atoms with Gasteiger partial charge in [-0.25, -0.2) is 14.8 Å². The number of nitrogens with zero attached hydrogens (tertiary/aromatic N) is 5. The first-order valence-corrected chi connectivity index (χ1v) is 14.3. The van der Waals surface area contributed by atoms with Gasteiger partial charge in [0.2, 0.25) is 5.13 Å². The molecule has 0 bridgehead atoms. The number of carboxylic acids is 1. The van der Waals surface area contributed by atoms with Crippen LogP contribution in [0.25, 0.3) is 27.5 Å². The van der Waals surface area contributed by atoms with Gasteiger partial charge in [0.15, 0.2) is 5.69 Å². The highest BCUT2D eigenvalue weighted by Crippen LogP contribution is 2.42. The summed E-state index contributed by atoms with van der Waals surface area (Å²) in [6.07, 6.45) is 1.13. The molecule has 4 aromatic rings. The number of aryl methyl sites for hydroxylation is 2. The number of thiazole rings is 1. The fraction of sp³-hybridized carbons (Fsp3) is 0.308. The first kappa shape index (κ1) is 26.0. The van der Waals surface area contributed by atoms with Gasteiger partial charge in [-0.1, -0.05) is 54.5 Å². The second-order valence-corrected chi connectivity index (χ2v) is 12.8. The van der Waals surface area contributed by atoms with E-state index in [0.717, 1.165) is 52.1 Å². The molecule has 0 radical (unpaired) electrons. The molecule has 0 aliphatic carbocycles. The number of aromatic nitrogens is 4. The van der Waals surface area contributed by atoms with Crippen LogP contribution in [0, 0.1) is 13.8 Å². The number of anilines is 1. The van der Waals surface area contributed by atoms with Crippen LogP contribution < -0.4 is 4.90 Å². The molecule has 3 aromatic heterocycles. The molecule has 11 heteroatoms. The molecule has 0 saturated carbocycles. The van der Waals surface area contributed by atoms with Crippen LogP contribution in [-0.2, 0) is 0 Å². The van der Waals surface area contributed by atoms with E-state index in [4.69, 9.17) is 28.2 Å². The van der Waals surface area contributed by atoms with E-state index in [1.807, 2.05) is 32.0 Å². The Labute approximate surface area is 233 Å². The van der Waals surface area contributed by atoms with Gasteiger partial charge in [0, 0.05) is 35.2 Å². The number of aromatic carboxylic acids is 1. The molecular formula is C26H25Cl2N5O2S2. The topological polar surface area (TPSA) is 84.1 Å². The molecule has 1 aliphatic rings. The van der Waals surface area contributed by atoms with Crippen LogP contribution in [0.3, 0.4) is 0 Å². The average molecular weight is 575 g/mol. The molecule has 0 spiro atoms. The van der Waals surface area contributed by atoms with Crippen molar-refractivity contribution in [1.29, 1.82) is 0 Å². The van der Waals surface area contributed by atoms with E-state index in [2.05, 4.69) is 28.8 Å². The zero-order valence-electron chi connectivity index (χ0n) is 20.7. The summed E-state index contributed by atoms with van der Waals surface area (Å²) in [6, 6.07) is 9.25. The minimum Gasteiger partial charge on any atom is -0.476 e. The Balaban J connectivity index is 1.67. The van der Waals surface area contributed by atoms with Gasteiger partial charge in [0.05, 0.1) is 25.6 Å². The number of halogens is 2. The minimum atomic E-state index is -1.07. The van der Waals surface area contributed by atoms with Gasteiger partial charge in [0.1, 0.15) is 5.82 Å². The Hall–Kier alpha value is -2.59. The van der Waals surface area contributed by atoms with Crippen LogP contribution >= 0.6 is 46.3 Å². The van der Waals surface area contributed by atoms with Crippen molar-refractivity contribution in [2.24, 2.45) is 0 Å². The molecule has 0 unspecified atom stereocenters. The number of hydrogen-bond acceptors (Lipinski definition) is 7. The Morgan fingerprint density at radius 1 is 1.08 bits per heavy atom. The Kier molecular flexibility index (Phi) is 7.24. The van der Waals surface area contributed by atoms with Gasteiger partial charge < -0.3 is 10.0 Å². The molecule has 0 amide bonds. The number of benzene rings is 1. The number of carbonyl (C=O) groups is 1. The predicted octanol–water partition coefficient (Wildman–Crippen LogP) is 7.39. The van der Waals surface area contributed by atoms with Crippen molar-refractivity contribution in [3.8, 4) is 27.5 Å². The van der Waals surface area contributed by atoms with Crippen LogP contribution in [0.1, 0.15) is 42.1 Å². The van der Waals surface area contributed by atoms with E-state index in [1.54, 1.807) is 23.9 Å². The summed E-state index contributed by atoms with van der Waals surface area (Å²) in [7, 11) is 0. The zero-order chi connectivity index (χ0) is 26.4. The molecule has 1 saturated heterocycles. The van der Waals surface area contributed by atoms with Crippen LogP contribution in [0.5, 0.6) is 0 Å². The van der Waals surface area contributed by atoms with Crippen LogP contribution in [0.4, 0.5) is 5.82 Å². The molecule has 5 rings (SSSR count). The third kappa shape index (κ3) is 5.10. The largest absolute Gasteiger partial charge is 0.476 e. The van der Waals surface area contributed by atoms with Gasteiger partial charge in [-0.15, -0.1) is 11.8 Å². The quantitative estimate of drug-likeness (QED) is 0.231. The number of rotatable bonds is 7. The Morgan fingerprint density at radius 2 is 1.84 bits per heavy atom. The van der Waals surface area contributed by atoms with E-state index in [0.29, 0.717) is 31.7 Å². The van der Waals surface area contributed by atoms with Crippen molar-refractivity contribution in [3.05, 3.63) is 57.5 Å². The molecule has 4 heterocycles. The van der Waals surface area contributed by atoms with E-state index >= 15 is 0 Å². The minimum absolute atomic E-state index is 0.0770. The van der Waals surface area contributed by atoms with Crippen molar-refractivity contribution in [3.63, 3.8) is 0 Å². The van der Waals surface area contributed by atoms with E-state index in [1.165, 1.54) is 16.0 Å². The summed E-state index contributed by atoms with van der Waals surface area (Å²) < 4.78 is 2.40. The first-order chi connectivity index (χ1) is 17.6. The SMILES string of the molecule is Cc1cc(-c2c(C)nn(-c3nc(-c4ccc(Cl)c(Cl)c4)c(SC(C)C)s3)c2C(=O)O)cc(N2CCC2)n1. The normalized spacial score (nSPS) is 13.3. The molecule has 1 N–H and O–H groups in total. The average Bonchev–Trinajstić information content (AvgIpc) is 3.34. The number of thioether (sulfide) groups is 1. The lowest BCUT2D eigenvalue weighted by Gasteiger charge is -2.32. The summed E-state index contributed by atoms with van der Waals surface area (Å²) in [5, 5.41) is 16.7. The maximum atomic E-state index is 12.6. The lowest BCUT2D eigenvalue weighted by molar-refractivity contribution is 0.0688. The second kappa shape index (κ2) is 10.3. The number of carboxylic acid groups (broad SMARTS) is 1. The van der Waals surface area contributed by atoms with Crippen molar-refractivity contribution in [2.75, 3.05) is 18.0 Å². The maximum Gasteiger partial charge on any atom is 0.355 e. The number of hydrogen-bond donors (Lipinski definition) is 1. The van der Waals surface area contributed by atoms with Gasteiger partial charge in [-0.05, 0) is 50.1 Å². The Morgan fingerprint density at radius 3 is 2.46 bits per heavy atom. The van der Waals surface area contributed by atoms with Crippen molar-refractivity contribution in [1.82, 2.24) is 19.7 Å². The van der Waals surface area contributed by atoms with Gasteiger partial charge in [0.25, 0.3) is 0 Å². The van der Waals surface area contributed by atoms with Crippen molar-refractivity contribution in [2.45, 2.75) is 43.6 Å². The maximum absolute atomic E-state index is 12.6. The molecule has 37 heavy (non-hydrogen) atoms. The fourth-order valence-electron chi connectivity index (χ4n) is 4.22. The van der Waals surface area contributed by atoms with E-state index < -0.39 is 5.97 Å².